The third-order valence-electron chi connectivity index (χ3n) is 3.58. The van der Waals surface area contributed by atoms with Crippen LogP contribution in [0, 0.1) is 0 Å². The fraction of sp³-hybridized carbons (Fsp3) is 0.158. The zero-order chi connectivity index (χ0) is 16.9. The molecule has 0 spiro atoms. The predicted octanol–water partition coefficient (Wildman–Crippen LogP) is 4.03. The summed E-state index contributed by atoms with van der Waals surface area (Å²) in [5.41, 5.74) is 5.48. The predicted molar refractivity (Wildman–Crippen MR) is 91.4 cm³/mol. The molecule has 0 unspecified atom stereocenters. The van der Waals surface area contributed by atoms with Gasteiger partial charge in [0.05, 0.1) is 21.3 Å². The van der Waals surface area contributed by atoms with E-state index in [4.69, 9.17) is 18.7 Å². The van der Waals surface area contributed by atoms with E-state index in [0.717, 1.165) is 16.8 Å². The van der Waals surface area contributed by atoms with E-state index >= 15 is 0 Å². The monoisotopic (exact) mass is 323 g/mol. The van der Waals surface area contributed by atoms with Gasteiger partial charge in [0, 0.05) is 17.2 Å². The Balaban J connectivity index is 2.01. The summed E-state index contributed by atoms with van der Waals surface area (Å²) in [6, 6.07) is 5.52. The fourth-order valence-corrected chi connectivity index (χ4v) is 2.40. The van der Waals surface area contributed by atoms with Crippen LogP contribution < -0.4 is 14.2 Å². The second-order valence-electron chi connectivity index (χ2n) is 4.97. The van der Waals surface area contributed by atoms with Gasteiger partial charge in [0.2, 0.25) is 5.75 Å². The molecule has 0 saturated carbocycles. The van der Waals surface area contributed by atoms with Crippen LogP contribution in [0.25, 0.3) is 16.9 Å². The molecule has 2 aromatic rings. The van der Waals surface area contributed by atoms with Crippen LogP contribution in [0.5, 0.6) is 17.2 Å². The summed E-state index contributed by atoms with van der Waals surface area (Å²) in [4.78, 5) is 0. The number of methoxy groups -OCH3 is 3. The molecule has 1 aliphatic carbocycles. The van der Waals surface area contributed by atoms with Gasteiger partial charge in [-0.05, 0) is 30.4 Å². The van der Waals surface area contributed by atoms with Crippen molar-refractivity contribution in [3.63, 3.8) is 0 Å². The van der Waals surface area contributed by atoms with Crippen LogP contribution in [0.15, 0.2) is 58.8 Å². The van der Waals surface area contributed by atoms with Gasteiger partial charge in [0.1, 0.15) is 5.69 Å². The number of aromatic nitrogens is 1. The molecule has 0 radical (unpaired) electrons. The lowest BCUT2D eigenvalue weighted by Gasteiger charge is -2.12. The molecule has 122 valence electrons. The first-order valence-electron chi connectivity index (χ1n) is 7.33. The number of nitrogens with zero attached hydrogens (tertiary/aromatic N) is 1. The fourth-order valence-electron chi connectivity index (χ4n) is 2.40. The largest absolute Gasteiger partial charge is 0.493 e. The number of allylic oxidation sites excluding steroid dienone is 5. The molecule has 1 aromatic carbocycles. The van der Waals surface area contributed by atoms with Crippen molar-refractivity contribution in [3.8, 4) is 28.6 Å². The first-order valence-corrected chi connectivity index (χ1v) is 7.33. The van der Waals surface area contributed by atoms with Gasteiger partial charge in [-0.2, -0.15) is 0 Å². The Hall–Kier alpha value is -3.17. The smallest absolute Gasteiger partial charge is 0.203 e. The number of hydrogen-bond acceptors (Lipinski definition) is 5. The highest BCUT2D eigenvalue weighted by Gasteiger charge is 2.17. The minimum atomic E-state index is 0.536. The van der Waals surface area contributed by atoms with Crippen LogP contribution in [-0.2, 0) is 0 Å². The second-order valence-corrected chi connectivity index (χ2v) is 4.97. The molecule has 5 nitrogen and oxygen atoms in total. The average Bonchev–Trinajstić information content (AvgIpc) is 2.96. The van der Waals surface area contributed by atoms with Crippen molar-refractivity contribution in [2.24, 2.45) is 0 Å². The molecule has 0 saturated heterocycles. The molecule has 1 aliphatic rings. The van der Waals surface area contributed by atoms with Crippen molar-refractivity contribution in [2.75, 3.05) is 21.3 Å². The lowest BCUT2D eigenvalue weighted by Crippen LogP contribution is -1.95. The Kier molecular flexibility index (Phi) is 4.54. The lowest BCUT2D eigenvalue weighted by molar-refractivity contribution is 0.324. The first kappa shape index (κ1) is 15.7. The number of benzene rings is 1. The normalized spacial score (nSPS) is 12.7. The van der Waals surface area contributed by atoms with E-state index < -0.39 is 0 Å². The molecule has 1 heterocycles. The van der Waals surface area contributed by atoms with Crippen molar-refractivity contribution in [1.82, 2.24) is 5.16 Å². The highest BCUT2D eigenvalue weighted by atomic mass is 16.5. The molecule has 0 fully saturated rings. The van der Waals surface area contributed by atoms with Crippen molar-refractivity contribution in [1.29, 1.82) is 0 Å². The van der Waals surface area contributed by atoms with Gasteiger partial charge in [0.15, 0.2) is 17.3 Å². The number of rotatable bonds is 5. The quantitative estimate of drug-likeness (QED) is 0.778. The second kappa shape index (κ2) is 6.94. The molecule has 0 amide bonds. The molecule has 0 aliphatic heterocycles. The average molecular weight is 323 g/mol. The minimum Gasteiger partial charge on any atom is -0.493 e. The molecule has 3 rings (SSSR count). The van der Waals surface area contributed by atoms with Crippen LogP contribution in [0.1, 0.15) is 5.69 Å². The maximum Gasteiger partial charge on any atom is 0.203 e. The maximum atomic E-state index is 5.50. The van der Waals surface area contributed by atoms with Gasteiger partial charge >= 0.3 is 0 Å². The number of hydrogen-bond donors (Lipinski definition) is 0. The molecular formula is C19H17NO4. The summed E-state index contributed by atoms with van der Waals surface area (Å²) in [5.74, 6) is 2.27. The zero-order valence-corrected chi connectivity index (χ0v) is 13.7. The van der Waals surface area contributed by atoms with Gasteiger partial charge in [-0.25, -0.2) is 0 Å². The summed E-state index contributed by atoms with van der Waals surface area (Å²) in [5, 5.41) is 4.14. The van der Waals surface area contributed by atoms with E-state index in [9.17, 15) is 0 Å². The summed E-state index contributed by atoms with van der Waals surface area (Å²) in [6.07, 6.45) is 9.46. The van der Waals surface area contributed by atoms with Crippen LogP contribution in [0.2, 0.25) is 0 Å². The summed E-state index contributed by atoms with van der Waals surface area (Å²) >= 11 is 0. The summed E-state index contributed by atoms with van der Waals surface area (Å²) in [7, 11) is 4.72. The lowest BCUT2D eigenvalue weighted by atomic mass is 10.1. The Morgan fingerprint density at radius 3 is 2.38 bits per heavy atom. The summed E-state index contributed by atoms with van der Waals surface area (Å²) < 4.78 is 21.6. The highest BCUT2D eigenvalue weighted by molar-refractivity contribution is 5.76. The van der Waals surface area contributed by atoms with Crippen LogP contribution in [0.4, 0.5) is 0 Å². The van der Waals surface area contributed by atoms with Gasteiger partial charge in [-0.15, -0.1) is 5.73 Å². The molecule has 5 heteroatoms. The Morgan fingerprint density at radius 1 is 0.958 bits per heavy atom. The van der Waals surface area contributed by atoms with E-state index in [2.05, 4.69) is 10.9 Å². The van der Waals surface area contributed by atoms with E-state index in [1.165, 1.54) is 0 Å². The molecule has 24 heavy (non-hydrogen) atoms. The van der Waals surface area contributed by atoms with Gasteiger partial charge in [-0.3, -0.25) is 0 Å². The Morgan fingerprint density at radius 2 is 1.71 bits per heavy atom. The molecule has 0 bridgehead atoms. The third-order valence-corrected chi connectivity index (χ3v) is 3.58. The third kappa shape index (κ3) is 2.98. The van der Waals surface area contributed by atoms with Crippen LogP contribution in [-0.4, -0.2) is 26.5 Å². The van der Waals surface area contributed by atoms with Crippen LogP contribution >= 0.6 is 0 Å². The Bertz CT molecular complexity index is 842. The maximum absolute atomic E-state index is 5.50. The van der Waals surface area contributed by atoms with E-state index in [0.29, 0.717) is 23.0 Å². The van der Waals surface area contributed by atoms with Crippen molar-refractivity contribution < 1.29 is 18.7 Å². The summed E-state index contributed by atoms with van der Waals surface area (Å²) in [6.45, 7) is 0. The van der Waals surface area contributed by atoms with Gasteiger partial charge in [-0.1, -0.05) is 17.3 Å². The molecule has 1 aromatic heterocycles. The van der Waals surface area contributed by atoms with Crippen LogP contribution in [0.3, 0.4) is 0 Å². The van der Waals surface area contributed by atoms with Crippen molar-refractivity contribution in [3.05, 3.63) is 60.0 Å². The zero-order valence-electron chi connectivity index (χ0n) is 13.7. The van der Waals surface area contributed by atoms with Gasteiger partial charge < -0.3 is 18.7 Å². The topological polar surface area (TPSA) is 53.7 Å². The molecule has 0 N–H and O–H groups in total. The van der Waals surface area contributed by atoms with E-state index in [-0.39, 0.29) is 0 Å². The van der Waals surface area contributed by atoms with Crippen molar-refractivity contribution >= 4 is 5.57 Å². The number of ether oxygens (including phenoxy) is 3. The van der Waals surface area contributed by atoms with E-state index in [1.807, 2.05) is 48.6 Å². The standard InChI is InChI=1S/C19H17NO4/c1-21-17-10-14(11-18(22-2)19(17)23-3)16-12-15(20-24-16)13-8-6-4-5-7-9-13/h4,6-12H,1-3H3. The van der Waals surface area contributed by atoms with E-state index in [1.54, 1.807) is 21.3 Å². The molecule has 0 atom stereocenters. The molecular weight excluding hydrogens is 306 g/mol. The minimum absolute atomic E-state index is 0.536. The Labute approximate surface area is 140 Å². The SMILES string of the molecule is COc1cc(-c2cc(C3=CC=C=CC=C3)no2)cc(OC)c1OC. The highest BCUT2D eigenvalue weighted by Crippen LogP contribution is 2.41. The van der Waals surface area contributed by atoms with Gasteiger partial charge in [0.25, 0.3) is 0 Å². The van der Waals surface area contributed by atoms with Crippen molar-refractivity contribution in [2.45, 2.75) is 0 Å². The first-order chi connectivity index (χ1) is 11.8.